The van der Waals surface area contributed by atoms with Crippen molar-refractivity contribution in [3.8, 4) is 5.75 Å². The van der Waals surface area contributed by atoms with Crippen LogP contribution in [0.4, 0.5) is 0 Å². The monoisotopic (exact) mass is 469 g/mol. The van der Waals surface area contributed by atoms with Gasteiger partial charge in [-0.15, -0.1) is 0 Å². The molecule has 4 aliphatic rings. The maximum atomic E-state index is 13.6. The van der Waals surface area contributed by atoms with Gasteiger partial charge in [0.05, 0.1) is 16.3 Å². The number of ether oxygens (including phenoxy) is 1. The summed E-state index contributed by atoms with van der Waals surface area (Å²) < 4.78 is 6.27. The van der Waals surface area contributed by atoms with Crippen LogP contribution < -0.4 is 4.74 Å². The summed E-state index contributed by atoms with van der Waals surface area (Å²) in [5.74, 6) is 3.02. The highest BCUT2D eigenvalue weighted by Gasteiger charge is 2.55. The Balaban J connectivity index is 1.32. The van der Waals surface area contributed by atoms with E-state index in [4.69, 9.17) is 4.74 Å². The summed E-state index contributed by atoms with van der Waals surface area (Å²) in [4.78, 5) is 17.5. The highest BCUT2D eigenvalue weighted by molar-refractivity contribution is 7.97. The molecule has 34 heavy (non-hydrogen) atoms. The zero-order chi connectivity index (χ0) is 23.3. The molecule has 0 N–H and O–H groups in total. The molecule has 4 fully saturated rings. The topological polar surface area (TPSA) is 26.3 Å². The molecule has 3 aromatic carbocycles. The van der Waals surface area contributed by atoms with Crippen LogP contribution in [-0.4, -0.2) is 5.97 Å². The number of rotatable bonds is 5. The lowest BCUT2D eigenvalue weighted by Crippen LogP contribution is -2.51. The van der Waals surface area contributed by atoms with E-state index in [9.17, 15) is 4.79 Å². The quantitative estimate of drug-likeness (QED) is 0.219. The number of carbonyl (C=O) groups is 1. The number of hydrogen-bond donors (Lipinski definition) is 0. The third kappa shape index (κ3) is 3.88. The van der Waals surface area contributed by atoms with Crippen LogP contribution in [0.3, 0.4) is 0 Å². The maximum absolute atomic E-state index is 13.6. The molecule has 2 nitrogen and oxygen atoms in total. The number of carbonyl (C=O) groups excluding carboxylic acids is 1. The van der Waals surface area contributed by atoms with Crippen LogP contribution >= 0.6 is 0 Å². The molecule has 0 radical (unpaired) electrons. The van der Waals surface area contributed by atoms with Gasteiger partial charge in [-0.25, -0.2) is 0 Å². The van der Waals surface area contributed by atoms with E-state index in [0.717, 1.165) is 53.9 Å². The van der Waals surface area contributed by atoms with E-state index in [1.165, 1.54) is 33.9 Å². The fraction of sp³-hybridized carbons (Fsp3) is 0.387. The van der Waals surface area contributed by atoms with E-state index in [0.29, 0.717) is 0 Å². The maximum Gasteiger partial charge on any atom is 0.317 e. The average Bonchev–Trinajstić information content (AvgIpc) is 2.82. The Hall–Kier alpha value is -2.52. The lowest BCUT2D eigenvalue weighted by atomic mass is 9.49. The van der Waals surface area contributed by atoms with Crippen LogP contribution in [0, 0.1) is 37.0 Å². The second-order valence-electron chi connectivity index (χ2n) is 10.9. The molecule has 3 aromatic rings. The highest BCUT2D eigenvalue weighted by atomic mass is 32.2. The standard InChI is InChI=1S/C31H33O2S/c1-21-13-28(34(26-9-5-3-6-10-26)27-11-7-4-8-12-27)14-22(2)29(21)33-30(32)31-18-23-15-24(19-31)17-25(16-23)20-31/h3-14,23-25H,15-20H2,1-2H3/q+1. The van der Waals surface area contributed by atoms with Crippen molar-refractivity contribution in [2.45, 2.75) is 67.1 Å². The summed E-state index contributed by atoms with van der Waals surface area (Å²) in [6.45, 7) is 4.19. The molecule has 3 heteroatoms. The Kier molecular flexibility index (Phi) is 5.56. The molecule has 0 aliphatic heterocycles. The van der Waals surface area contributed by atoms with Crippen molar-refractivity contribution in [3.63, 3.8) is 0 Å². The van der Waals surface area contributed by atoms with Gasteiger partial charge in [-0.2, -0.15) is 0 Å². The van der Waals surface area contributed by atoms with Gasteiger partial charge in [0.1, 0.15) is 5.75 Å². The van der Waals surface area contributed by atoms with Gasteiger partial charge in [-0.3, -0.25) is 4.79 Å². The summed E-state index contributed by atoms with van der Waals surface area (Å²) in [6, 6.07) is 25.9. The Morgan fingerprint density at radius 2 is 1.18 bits per heavy atom. The number of hydrogen-bond acceptors (Lipinski definition) is 2. The van der Waals surface area contributed by atoms with Crippen molar-refractivity contribution in [3.05, 3.63) is 83.9 Å². The first-order chi connectivity index (χ1) is 16.5. The van der Waals surface area contributed by atoms with Crippen LogP contribution in [0.15, 0.2) is 87.5 Å². The normalized spacial score (nSPS) is 27.2. The van der Waals surface area contributed by atoms with E-state index in [1.807, 2.05) is 0 Å². The first-order valence-corrected chi connectivity index (χ1v) is 13.9. The summed E-state index contributed by atoms with van der Waals surface area (Å²) in [6.07, 6.45) is 7.13. The molecule has 4 aliphatic carbocycles. The fourth-order valence-corrected chi connectivity index (χ4v) is 9.54. The van der Waals surface area contributed by atoms with Gasteiger partial charge in [0.15, 0.2) is 14.7 Å². The highest BCUT2D eigenvalue weighted by Crippen LogP contribution is 2.60. The van der Waals surface area contributed by atoms with Crippen molar-refractivity contribution in [1.29, 1.82) is 0 Å². The summed E-state index contributed by atoms with van der Waals surface area (Å²) in [5.41, 5.74) is 1.87. The molecular formula is C31H33O2S+. The molecule has 0 unspecified atom stereocenters. The smallest absolute Gasteiger partial charge is 0.317 e. The van der Waals surface area contributed by atoms with Gasteiger partial charge < -0.3 is 4.74 Å². The van der Waals surface area contributed by atoms with Crippen molar-refractivity contribution in [2.24, 2.45) is 23.2 Å². The SMILES string of the molecule is Cc1cc([S+](c2ccccc2)c2ccccc2)cc(C)c1OC(=O)C12CC3CC(CC(C3)C1)C2. The first-order valence-electron chi connectivity index (χ1n) is 12.7. The molecule has 0 saturated heterocycles. The summed E-state index contributed by atoms with van der Waals surface area (Å²) >= 11 is 0. The van der Waals surface area contributed by atoms with Crippen LogP contribution in [0.2, 0.25) is 0 Å². The molecule has 0 aromatic heterocycles. The molecule has 4 bridgehead atoms. The minimum atomic E-state index is -0.231. The molecular weight excluding hydrogens is 436 g/mol. The minimum Gasteiger partial charge on any atom is -0.426 e. The van der Waals surface area contributed by atoms with Crippen LogP contribution in [-0.2, 0) is 15.7 Å². The van der Waals surface area contributed by atoms with E-state index in [1.54, 1.807) is 0 Å². The largest absolute Gasteiger partial charge is 0.426 e. The minimum absolute atomic E-state index is 0.0377. The Morgan fingerprint density at radius 1 is 0.735 bits per heavy atom. The lowest BCUT2D eigenvalue weighted by molar-refractivity contribution is -0.161. The zero-order valence-corrected chi connectivity index (χ0v) is 20.9. The van der Waals surface area contributed by atoms with Crippen LogP contribution in [0.1, 0.15) is 49.7 Å². The second-order valence-corrected chi connectivity index (χ2v) is 12.9. The van der Waals surface area contributed by atoms with Gasteiger partial charge in [-0.1, -0.05) is 36.4 Å². The number of benzene rings is 3. The zero-order valence-electron chi connectivity index (χ0n) is 20.1. The predicted molar refractivity (Wildman–Crippen MR) is 137 cm³/mol. The Labute approximate surface area is 206 Å². The van der Waals surface area contributed by atoms with E-state index in [-0.39, 0.29) is 22.3 Å². The van der Waals surface area contributed by atoms with Crippen LogP contribution in [0.25, 0.3) is 0 Å². The van der Waals surface area contributed by atoms with Crippen molar-refractivity contribution in [1.82, 2.24) is 0 Å². The molecule has 0 spiro atoms. The van der Waals surface area contributed by atoms with Crippen molar-refractivity contribution >= 4 is 16.9 Å². The van der Waals surface area contributed by atoms with Gasteiger partial charge in [0, 0.05) is 12.1 Å². The predicted octanol–water partition coefficient (Wildman–Crippen LogP) is 7.52. The molecule has 4 saturated carbocycles. The Morgan fingerprint density at radius 3 is 1.62 bits per heavy atom. The van der Waals surface area contributed by atoms with Crippen LogP contribution in [0.5, 0.6) is 5.75 Å². The third-order valence-electron chi connectivity index (χ3n) is 8.29. The van der Waals surface area contributed by atoms with Crippen molar-refractivity contribution in [2.75, 3.05) is 0 Å². The van der Waals surface area contributed by atoms with Gasteiger partial charge in [-0.05, 0) is 106 Å². The lowest BCUT2D eigenvalue weighted by Gasteiger charge is -2.55. The van der Waals surface area contributed by atoms with E-state index in [2.05, 4.69) is 86.6 Å². The van der Waals surface area contributed by atoms with Gasteiger partial charge in [0.2, 0.25) is 0 Å². The van der Waals surface area contributed by atoms with Gasteiger partial charge >= 0.3 is 5.97 Å². The van der Waals surface area contributed by atoms with E-state index < -0.39 is 0 Å². The molecule has 0 heterocycles. The first kappa shape index (κ1) is 22.0. The summed E-state index contributed by atoms with van der Waals surface area (Å²) in [5, 5.41) is 0. The molecule has 7 rings (SSSR count). The summed E-state index contributed by atoms with van der Waals surface area (Å²) in [7, 11) is -0.205. The van der Waals surface area contributed by atoms with Crippen molar-refractivity contribution < 1.29 is 9.53 Å². The molecule has 0 atom stereocenters. The van der Waals surface area contributed by atoms with E-state index >= 15 is 0 Å². The second kappa shape index (κ2) is 8.61. The molecule has 0 amide bonds. The number of esters is 1. The van der Waals surface area contributed by atoms with Gasteiger partial charge in [0.25, 0.3) is 0 Å². The average molecular weight is 470 g/mol. The fourth-order valence-electron chi connectivity index (χ4n) is 7.27. The number of aryl methyl sites for hydroxylation is 2. The third-order valence-corrected chi connectivity index (χ3v) is 10.5. The Bertz CT molecular complexity index is 1100. The molecule has 174 valence electrons.